The number of carbonyl (C=O) groups excluding carboxylic acids is 1. The molecule has 1 amide bonds. The SMILES string of the molecule is CC(=NC(=O)C(C)(C)C)c1ccnc(C(F)(F)F)c1. The molecule has 0 saturated carbocycles. The Labute approximate surface area is 109 Å². The predicted octanol–water partition coefficient (Wildman–Crippen LogP) is 3.48. The molecular formula is C13H15F3N2O. The Kier molecular flexibility index (Phi) is 4.12. The van der Waals surface area contributed by atoms with Crippen LogP contribution in [0.15, 0.2) is 23.3 Å². The van der Waals surface area contributed by atoms with E-state index in [1.54, 1.807) is 20.8 Å². The van der Waals surface area contributed by atoms with E-state index in [1.807, 2.05) is 0 Å². The van der Waals surface area contributed by atoms with Crippen molar-refractivity contribution in [1.82, 2.24) is 4.98 Å². The topological polar surface area (TPSA) is 42.3 Å². The standard InChI is InChI=1S/C13H15F3N2O/c1-8(18-11(19)12(2,3)4)9-5-6-17-10(7-9)13(14,15)16/h5-7H,1-4H3. The zero-order valence-corrected chi connectivity index (χ0v) is 11.2. The molecule has 1 heterocycles. The lowest BCUT2D eigenvalue weighted by atomic mass is 9.96. The quantitative estimate of drug-likeness (QED) is 0.734. The Morgan fingerprint density at radius 1 is 1.26 bits per heavy atom. The maximum Gasteiger partial charge on any atom is 0.433 e. The van der Waals surface area contributed by atoms with Crippen molar-refractivity contribution in [1.29, 1.82) is 0 Å². The third-order valence-electron chi connectivity index (χ3n) is 2.38. The van der Waals surface area contributed by atoms with E-state index in [1.165, 1.54) is 13.0 Å². The molecule has 1 aromatic heterocycles. The molecular weight excluding hydrogens is 257 g/mol. The summed E-state index contributed by atoms with van der Waals surface area (Å²) in [4.78, 5) is 18.8. The van der Waals surface area contributed by atoms with Crippen molar-refractivity contribution in [2.24, 2.45) is 10.4 Å². The fraction of sp³-hybridized carbons (Fsp3) is 0.462. The van der Waals surface area contributed by atoms with Gasteiger partial charge in [-0.15, -0.1) is 0 Å². The van der Waals surface area contributed by atoms with E-state index in [2.05, 4.69) is 9.98 Å². The van der Waals surface area contributed by atoms with Crippen LogP contribution in [0.3, 0.4) is 0 Å². The summed E-state index contributed by atoms with van der Waals surface area (Å²) in [5.41, 5.74) is -1.18. The molecule has 0 saturated heterocycles. The molecule has 0 atom stereocenters. The van der Waals surface area contributed by atoms with E-state index in [-0.39, 0.29) is 17.2 Å². The first kappa shape index (κ1) is 15.3. The van der Waals surface area contributed by atoms with Crippen LogP contribution >= 0.6 is 0 Å². The maximum atomic E-state index is 12.5. The molecule has 0 aliphatic rings. The summed E-state index contributed by atoms with van der Waals surface area (Å²) in [6.45, 7) is 6.58. The van der Waals surface area contributed by atoms with Gasteiger partial charge in [0.25, 0.3) is 5.91 Å². The van der Waals surface area contributed by atoms with Gasteiger partial charge in [0.05, 0.1) is 0 Å². The molecule has 19 heavy (non-hydrogen) atoms. The van der Waals surface area contributed by atoms with Crippen LogP contribution in [-0.4, -0.2) is 16.6 Å². The molecule has 0 N–H and O–H groups in total. The van der Waals surface area contributed by atoms with Gasteiger partial charge in [-0.1, -0.05) is 20.8 Å². The zero-order chi connectivity index (χ0) is 14.8. The summed E-state index contributed by atoms with van der Waals surface area (Å²) in [6, 6.07) is 2.28. The monoisotopic (exact) mass is 272 g/mol. The van der Waals surface area contributed by atoms with E-state index >= 15 is 0 Å². The zero-order valence-electron chi connectivity index (χ0n) is 11.2. The van der Waals surface area contributed by atoms with Gasteiger partial charge in [-0.25, -0.2) is 4.99 Å². The van der Waals surface area contributed by atoms with E-state index in [0.29, 0.717) is 0 Å². The van der Waals surface area contributed by atoms with Gasteiger partial charge >= 0.3 is 6.18 Å². The van der Waals surface area contributed by atoms with Gasteiger partial charge in [-0.3, -0.25) is 9.78 Å². The van der Waals surface area contributed by atoms with Gasteiger partial charge in [-0.2, -0.15) is 13.2 Å². The summed E-state index contributed by atoms with van der Waals surface area (Å²) in [6.07, 6.45) is -3.46. The lowest BCUT2D eigenvalue weighted by Crippen LogP contribution is -2.19. The summed E-state index contributed by atoms with van der Waals surface area (Å²) in [5.74, 6) is -0.379. The first-order valence-electron chi connectivity index (χ1n) is 5.65. The number of alkyl halides is 3. The highest BCUT2D eigenvalue weighted by atomic mass is 19.4. The van der Waals surface area contributed by atoms with Gasteiger partial charge in [0.15, 0.2) is 0 Å². The number of hydrogen-bond acceptors (Lipinski definition) is 2. The Bertz CT molecular complexity index is 513. The van der Waals surface area contributed by atoms with Gasteiger partial charge in [0, 0.05) is 17.3 Å². The lowest BCUT2D eigenvalue weighted by molar-refractivity contribution is -0.141. The molecule has 1 rings (SSSR count). The molecule has 104 valence electrons. The van der Waals surface area contributed by atoms with Crippen LogP contribution in [0.2, 0.25) is 0 Å². The molecule has 0 aliphatic heterocycles. The summed E-state index contributed by atoms with van der Waals surface area (Å²) >= 11 is 0. The second-order valence-corrected chi connectivity index (χ2v) is 5.18. The van der Waals surface area contributed by atoms with Crippen LogP contribution in [-0.2, 0) is 11.0 Å². The summed E-state index contributed by atoms with van der Waals surface area (Å²) < 4.78 is 37.5. The number of carbonyl (C=O) groups is 1. The number of hydrogen-bond donors (Lipinski definition) is 0. The average molecular weight is 272 g/mol. The third kappa shape index (κ3) is 4.15. The Morgan fingerprint density at radius 3 is 2.32 bits per heavy atom. The number of pyridine rings is 1. The van der Waals surface area contributed by atoms with Gasteiger partial charge < -0.3 is 0 Å². The van der Waals surface area contributed by atoms with Crippen molar-refractivity contribution in [3.63, 3.8) is 0 Å². The van der Waals surface area contributed by atoms with Crippen molar-refractivity contribution in [2.45, 2.75) is 33.9 Å². The van der Waals surface area contributed by atoms with E-state index in [4.69, 9.17) is 0 Å². The van der Waals surface area contributed by atoms with E-state index < -0.39 is 17.3 Å². The van der Waals surface area contributed by atoms with Crippen LogP contribution in [0.5, 0.6) is 0 Å². The maximum absolute atomic E-state index is 12.5. The van der Waals surface area contributed by atoms with Crippen LogP contribution < -0.4 is 0 Å². The first-order valence-corrected chi connectivity index (χ1v) is 5.65. The van der Waals surface area contributed by atoms with Gasteiger partial charge in [-0.05, 0) is 24.6 Å². The van der Waals surface area contributed by atoms with E-state index in [9.17, 15) is 18.0 Å². The highest BCUT2D eigenvalue weighted by molar-refractivity contribution is 6.05. The summed E-state index contributed by atoms with van der Waals surface area (Å²) in [5, 5.41) is 0. The van der Waals surface area contributed by atoms with Crippen LogP contribution in [0.4, 0.5) is 13.2 Å². The Balaban J connectivity index is 3.11. The Morgan fingerprint density at radius 2 is 1.84 bits per heavy atom. The van der Waals surface area contributed by atoms with Crippen LogP contribution in [0.1, 0.15) is 39.0 Å². The normalized spacial score (nSPS) is 13.5. The fourth-order valence-electron chi connectivity index (χ4n) is 1.20. The third-order valence-corrected chi connectivity index (χ3v) is 2.38. The highest BCUT2D eigenvalue weighted by Gasteiger charge is 2.32. The van der Waals surface area contributed by atoms with Crippen LogP contribution in [0.25, 0.3) is 0 Å². The number of nitrogens with zero attached hydrogens (tertiary/aromatic N) is 2. The molecule has 0 aromatic carbocycles. The van der Waals surface area contributed by atoms with Gasteiger partial charge in [0.2, 0.25) is 0 Å². The molecule has 0 spiro atoms. The number of aromatic nitrogens is 1. The smallest absolute Gasteiger partial charge is 0.272 e. The molecule has 6 heteroatoms. The largest absolute Gasteiger partial charge is 0.433 e. The minimum Gasteiger partial charge on any atom is -0.272 e. The average Bonchev–Trinajstić information content (AvgIpc) is 2.26. The number of aliphatic imine (C=N–C) groups is 1. The van der Waals surface area contributed by atoms with Crippen LogP contribution in [0, 0.1) is 5.41 Å². The molecule has 1 aromatic rings. The number of halogens is 3. The molecule has 3 nitrogen and oxygen atoms in total. The molecule has 0 aliphatic carbocycles. The first-order chi connectivity index (χ1) is 8.51. The van der Waals surface area contributed by atoms with Crippen molar-refractivity contribution in [3.8, 4) is 0 Å². The molecule has 0 fully saturated rings. The van der Waals surface area contributed by atoms with Gasteiger partial charge in [0.1, 0.15) is 5.69 Å². The number of rotatable bonds is 1. The van der Waals surface area contributed by atoms with Crippen molar-refractivity contribution < 1.29 is 18.0 Å². The summed E-state index contributed by atoms with van der Waals surface area (Å²) in [7, 11) is 0. The predicted molar refractivity (Wildman–Crippen MR) is 65.9 cm³/mol. The minimum absolute atomic E-state index is 0.236. The molecule has 0 bridgehead atoms. The molecule has 0 unspecified atom stereocenters. The van der Waals surface area contributed by atoms with E-state index in [0.717, 1.165) is 12.3 Å². The minimum atomic E-state index is -4.51. The van der Waals surface area contributed by atoms with Crippen molar-refractivity contribution >= 4 is 11.6 Å². The highest BCUT2D eigenvalue weighted by Crippen LogP contribution is 2.28. The fourth-order valence-corrected chi connectivity index (χ4v) is 1.20. The van der Waals surface area contributed by atoms with Crippen molar-refractivity contribution in [2.75, 3.05) is 0 Å². The molecule has 0 radical (unpaired) electrons. The second-order valence-electron chi connectivity index (χ2n) is 5.18. The second kappa shape index (κ2) is 5.11. The lowest BCUT2D eigenvalue weighted by Gasteiger charge is -2.13. The Hall–Kier alpha value is -1.72. The number of amides is 1. The van der Waals surface area contributed by atoms with Crippen molar-refractivity contribution in [3.05, 3.63) is 29.6 Å².